The predicted octanol–water partition coefficient (Wildman–Crippen LogP) is 3.07. The minimum atomic E-state index is -4.29. The van der Waals surface area contributed by atoms with E-state index in [0.29, 0.717) is 6.54 Å². The van der Waals surface area contributed by atoms with E-state index in [4.69, 9.17) is 0 Å². The summed E-state index contributed by atoms with van der Waals surface area (Å²) < 4.78 is 39.9. The maximum atomic E-state index is 12.6. The van der Waals surface area contributed by atoms with Gasteiger partial charge in [0.05, 0.1) is 5.56 Å². The van der Waals surface area contributed by atoms with Crippen LogP contribution in [0.25, 0.3) is 5.65 Å². The Morgan fingerprint density at radius 3 is 2.19 bits per heavy atom. The van der Waals surface area contributed by atoms with Crippen LogP contribution in [0.4, 0.5) is 19.0 Å². The van der Waals surface area contributed by atoms with Gasteiger partial charge in [-0.25, -0.2) is 9.97 Å². The molecule has 2 aromatic heterocycles. The van der Waals surface area contributed by atoms with Crippen LogP contribution in [0.2, 0.25) is 0 Å². The third kappa shape index (κ3) is 3.37. The molecule has 3 aromatic rings. The van der Waals surface area contributed by atoms with Crippen molar-refractivity contribution in [3.8, 4) is 0 Å². The van der Waals surface area contributed by atoms with E-state index in [2.05, 4.69) is 19.8 Å². The van der Waals surface area contributed by atoms with Crippen LogP contribution in [-0.4, -0.2) is 45.4 Å². The fourth-order valence-electron chi connectivity index (χ4n) is 3.24. The topological polar surface area (TPSA) is 36.7 Å². The molecular formula is C18H18F3N5. The van der Waals surface area contributed by atoms with Gasteiger partial charge >= 0.3 is 6.18 Å². The van der Waals surface area contributed by atoms with Crippen molar-refractivity contribution in [2.75, 3.05) is 31.1 Å². The monoisotopic (exact) mass is 361 g/mol. The van der Waals surface area contributed by atoms with Gasteiger partial charge in [-0.2, -0.15) is 13.2 Å². The molecule has 0 bridgehead atoms. The van der Waals surface area contributed by atoms with Crippen molar-refractivity contribution in [2.24, 2.45) is 0 Å². The smallest absolute Gasteiger partial charge is 0.351 e. The highest BCUT2D eigenvalue weighted by Crippen LogP contribution is 2.29. The summed E-state index contributed by atoms with van der Waals surface area (Å²) in [5, 5.41) is 0. The largest absolute Gasteiger partial charge is 0.416 e. The van der Waals surface area contributed by atoms with Gasteiger partial charge in [-0.05, 0) is 17.7 Å². The summed E-state index contributed by atoms with van der Waals surface area (Å²) in [4.78, 5) is 13.3. The van der Waals surface area contributed by atoms with E-state index in [1.54, 1.807) is 24.5 Å². The third-order valence-corrected chi connectivity index (χ3v) is 4.65. The zero-order valence-corrected chi connectivity index (χ0v) is 14.0. The van der Waals surface area contributed by atoms with Crippen LogP contribution in [-0.2, 0) is 12.7 Å². The predicted molar refractivity (Wildman–Crippen MR) is 91.9 cm³/mol. The van der Waals surface area contributed by atoms with Gasteiger partial charge in [0.2, 0.25) is 0 Å². The van der Waals surface area contributed by atoms with Crippen LogP contribution in [0.15, 0.2) is 49.1 Å². The Kier molecular flexibility index (Phi) is 4.28. The SMILES string of the molecule is FC(F)(F)c1ccc(CN2CCN(c3nccn4ccnc34)CC2)cc1. The number of benzene rings is 1. The van der Waals surface area contributed by atoms with E-state index in [1.165, 1.54) is 0 Å². The summed E-state index contributed by atoms with van der Waals surface area (Å²) in [7, 11) is 0. The Hall–Kier alpha value is -2.61. The van der Waals surface area contributed by atoms with E-state index < -0.39 is 11.7 Å². The Bertz CT molecular complexity index is 880. The highest BCUT2D eigenvalue weighted by atomic mass is 19.4. The van der Waals surface area contributed by atoms with Crippen molar-refractivity contribution in [1.29, 1.82) is 0 Å². The molecule has 0 amide bonds. The average Bonchev–Trinajstić information content (AvgIpc) is 3.11. The molecule has 1 aliphatic heterocycles. The van der Waals surface area contributed by atoms with E-state index in [-0.39, 0.29) is 0 Å². The van der Waals surface area contributed by atoms with Gasteiger partial charge in [0, 0.05) is 57.5 Å². The summed E-state index contributed by atoms with van der Waals surface area (Å²) in [6.45, 7) is 3.91. The molecule has 8 heteroatoms. The maximum absolute atomic E-state index is 12.6. The average molecular weight is 361 g/mol. The first kappa shape index (κ1) is 16.8. The quantitative estimate of drug-likeness (QED) is 0.719. The van der Waals surface area contributed by atoms with Gasteiger partial charge in [-0.1, -0.05) is 12.1 Å². The van der Waals surface area contributed by atoms with Gasteiger partial charge in [-0.3, -0.25) is 4.90 Å². The maximum Gasteiger partial charge on any atom is 0.416 e. The Labute approximate surface area is 148 Å². The number of rotatable bonds is 3. The Balaban J connectivity index is 1.39. The van der Waals surface area contributed by atoms with Gasteiger partial charge in [0.15, 0.2) is 11.5 Å². The Morgan fingerprint density at radius 2 is 1.54 bits per heavy atom. The number of fused-ring (bicyclic) bond motifs is 1. The lowest BCUT2D eigenvalue weighted by Crippen LogP contribution is -2.46. The van der Waals surface area contributed by atoms with E-state index in [9.17, 15) is 13.2 Å². The lowest BCUT2D eigenvalue weighted by Gasteiger charge is -2.35. The van der Waals surface area contributed by atoms with Crippen molar-refractivity contribution in [1.82, 2.24) is 19.3 Å². The zero-order valence-electron chi connectivity index (χ0n) is 14.0. The summed E-state index contributed by atoms with van der Waals surface area (Å²) >= 11 is 0. The molecule has 0 unspecified atom stereocenters. The number of nitrogens with zero attached hydrogens (tertiary/aromatic N) is 5. The molecule has 1 aliphatic rings. The standard InChI is InChI=1S/C18H18F3N5/c19-18(20,21)15-3-1-14(2-4-15)13-24-9-11-26(12-10-24)17-16-22-5-7-25(16)8-6-23-17/h1-8H,9-13H2. The molecule has 5 nitrogen and oxygen atoms in total. The summed E-state index contributed by atoms with van der Waals surface area (Å²) in [6, 6.07) is 5.41. The summed E-state index contributed by atoms with van der Waals surface area (Å²) in [5.74, 6) is 0.867. The van der Waals surface area contributed by atoms with Crippen LogP contribution in [0.3, 0.4) is 0 Å². The number of halogens is 3. The van der Waals surface area contributed by atoms with Crippen molar-refractivity contribution in [2.45, 2.75) is 12.7 Å². The van der Waals surface area contributed by atoms with Crippen molar-refractivity contribution in [3.05, 3.63) is 60.2 Å². The van der Waals surface area contributed by atoms with E-state index in [0.717, 1.165) is 55.3 Å². The first-order valence-electron chi connectivity index (χ1n) is 8.42. The molecule has 1 fully saturated rings. The summed E-state index contributed by atoms with van der Waals surface area (Å²) in [6.07, 6.45) is 2.99. The summed E-state index contributed by atoms with van der Waals surface area (Å²) in [5.41, 5.74) is 1.12. The van der Waals surface area contributed by atoms with Crippen LogP contribution in [0.5, 0.6) is 0 Å². The van der Waals surface area contributed by atoms with Crippen molar-refractivity contribution >= 4 is 11.5 Å². The highest BCUT2D eigenvalue weighted by Gasteiger charge is 2.30. The molecule has 0 N–H and O–H groups in total. The molecule has 26 heavy (non-hydrogen) atoms. The second-order valence-electron chi connectivity index (χ2n) is 6.37. The molecule has 0 radical (unpaired) electrons. The zero-order chi connectivity index (χ0) is 18.1. The number of anilines is 1. The van der Waals surface area contributed by atoms with Crippen molar-refractivity contribution < 1.29 is 13.2 Å². The van der Waals surface area contributed by atoms with Crippen LogP contribution in [0.1, 0.15) is 11.1 Å². The third-order valence-electron chi connectivity index (χ3n) is 4.65. The number of hydrogen-bond acceptors (Lipinski definition) is 4. The molecule has 0 spiro atoms. The highest BCUT2D eigenvalue weighted by molar-refractivity contribution is 5.64. The number of alkyl halides is 3. The van der Waals surface area contributed by atoms with Crippen LogP contribution in [0, 0.1) is 0 Å². The first-order valence-corrected chi connectivity index (χ1v) is 8.42. The van der Waals surface area contributed by atoms with Gasteiger partial charge < -0.3 is 9.30 Å². The second-order valence-corrected chi connectivity index (χ2v) is 6.37. The molecule has 1 aromatic carbocycles. The first-order chi connectivity index (χ1) is 12.5. The normalized spacial score (nSPS) is 16.3. The molecule has 3 heterocycles. The second kappa shape index (κ2) is 6.60. The lowest BCUT2D eigenvalue weighted by atomic mass is 10.1. The van der Waals surface area contributed by atoms with Crippen LogP contribution < -0.4 is 4.90 Å². The molecule has 0 aliphatic carbocycles. The fourth-order valence-corrected chi connectivity index (χ4v) is 3.24. The van der Waals surface area contributed by atoms with E-state index >= 15 is 0 Å². The Morgan fingerprint density at radius 1 is 0.885 bits per heavy atom. The minimum absolute atomic E-state index is 0.607. The molecular weight excluding hydrogens is 343 g/mol. The number of piperazine rings is 1. The van der Waals surface area contributed by atoms with Crippen molar-refractivity contribution in [3.63, 3.8) is 0 Å². The van der Waals surface area contributed by atoms with Gasteiger partial charge in [0.25, 0.3) is 0 Å². The van der Waals surface area contributed by atoms with Gasteiger partial charge in [0.1, 0.15) is 0 Å². The van der Waals surface area contributed by atoms with Crippen LogP contribution >= 0.6 is 0 Å². The molecule has 4 rings (SSSR count). The molecule has 1 saturated heterocycles. The lowest BCUT2D eigenvalue weighted by molar-refractivity contribution is -0.137. The molecule has 136 valence electrons. The number of hydrogen-bond donors (Lipinski definition) is 0. The minimum Gasteiger partial charge on any atom is -0.351 e. The fraction of sp³-hybridized carbons (Fsp3) is 0.333. The number of aromatic nitrogens is 3. The molecule has 0 atom stereocenters. The van der Waals surface area contributed by atoms with E-state index in [1.807, 2.05) is 16.8 Å². The van der Waals surface area contributed by atoms with Gasteiger partial charge in [-0.15, -0.1) is 0 Å². The number of imidazole rings is 1. The molecule has 0 saturated carbocycles.